The van der Waals surface area contributed by atoms with Crippen molar-refractivity contribution in [2.45, 2.75) is 6.61 Å². The molecule has 1 heterocycles. The van der Waals surface area contributed by atoms with Gasteiger partial charge in [-0.25, -0.2) is 0 Å². The molecule has 0 radical (unpaired) electrons. The molecule has 142 valence electrons. The van der Waals surface area contributed by atoms with Gasteiger partial charge in [0.15, 0.2) is 10.9 Å². The summed E-state index contributed by atoms with van der Waals surface area (Å²) in [6.07, 6.45) is 1.38. The van der Waals surface area contributed by atoms with E-state index >= 15 is 0 Å². The Bertz CT molecular complexity index is 941. The summed E-state index contributed by atoms with van der Waals surface area (Å²) in [6, 6.07) is 19.5. The van der Waals surface area contributed by atoms with Crippen LogP contribution in [0.1, 0.15) is 26.5 Å². The topological polar surface area (TPSA) is 92.6 Å². The number of hydrogen-bond acceptors (Lipinski definition) is 5. The molecule has 0 unspecified atom stereocenters. The highest BCUT2D eigenvalue weighted by Gasteiger charge is 2.11. The Morgan fingerprint density at radius 3 is 2.32 bits per heavy atom. The van der Waals surface area contributed by atoms with Crippen molar-refractivity contribution in [2.75, 3.05) is 0 Å². The van der Waals surface area contributed by atoms with E-state index in [1.807, 2.05) is 30.3 Å². The van der Waals surface area contributed by atoms with Gasteiger partial charge in [-0.05, 0) is 54.2 Å². The monoisotopic (exact) mass is 395 g/mol. The molecule has 0 saturated carbocycles. The van der Waals surface area contributed by atoms with Gasteiger partial charge >= 0.3 is 0 Å². The van der Waals surface area contributed by atoms with Crippen molar-refractivity contribution in [2.24, 2.45) is 0 Å². The van der Waals surface area contributed by atoms with Crippen LogP contribution in [0.25, 0.3) is 0 Å². The van der Waals surface area contributed by atoms with Gasteiger partial charge in [0.25, 0.3) is 11.8 Å². The van der Waals surface area contributed by atoms with Crippen LogP contribution >= 0.6 is 12.2 Å². The van der Waals surface area contributed by atoms with Crippen LogP contribution < -0.4 is 20.9 Å². The fourth-order valence-corrected chi connectivity index (χ4v) is 2.38. The lowest BCUT2D eigenvalue weighted by atomic mass is 10.2. The van der Waals surface area contributed by atoms with Crippen LogP contribution in [0.4, 0.5) is 0 Å². The van der Waals surface area contributed by atoms with Gasteiger partial charge in [0.2, 0.25) is 0 Å². The fourth-order valence-electron chi connectivity index (χ4n) is 2.23. The van der Waals surface area contributed by atoms with Crippen LogP contribution in [0.3, 0.4) is 0 Å². The quantitative estimate of drug-likeness (QED) is 0.454. The second-order valence-corrected chi connectivity index (χ2v) is 6.05. The lowest BCUT2D eigenvalue weighted by Gasteiger charge is -2.11. The summed E-state index contributed by atoms with van der Waals surface area (Å²) in [5.74, 6) is -0.169. The lowest BCUT2D eigenvalue weighted by Crippen LogP contribution is -2.48. The van der Waals surface area contributed by atoms with Crippen molar-refractivity contribution in [1.29, 1.82) is 0 Å². The molecule has 0 bridgehead atoms. The molecule has 3 aromatic rings. The first kappa shape index (κ1) is 19.1. The number of hydrogen-bond donors (Lipinski definition) is 3. The van der Waals surface area contributed by atoms with Gasteiger partial charge in [-0.2, -0.15) is 0 Å². The summed E-state index contributed by atoms with van der Waals surface area (Å²) in [6.45, 7) is 0.442. The zero-order valence-electron chi connectivity index (χ0n) is 14.7. The second-order valence-electron chi connectivity index (χ2n) is 5.64. The number of thiocarbonyl (C=S) groups is 1. The van der Waals surface area contributed by atoms with E-state index < -0.39 is 11.8 Å². The zero-order valence-corrected chi connectivity index (χ0v) is 15.5. The van der Waals surface area contributed by atoms with Crippen LogP contribution in [-0.2, 0) is 6.61 Å². The van der Waals surface area contributed by atoms with E-state index in [0.29, 0.717) is 17.9 Å². The predicted octanol–water partition coefficient (Wildman–Crippen LogP) is 2.81. The SMILES string of the molecule is O=C(NNC(=S)NC(=O)c1ccco1)c1ccc(OCc2ccccc2)cc1. The third kappa shape index (κ3) is 5.42. The molecule has 8 heteroatoms. The van der Waals surface area contributed by atoms with E-state index in [-0.39, 0.29) is 10.9 Å². The minimum atomic E-state index is -0.517. The molecular formula is C20H17N3O4S. The van der Waals surface area contributed by atoms with Gasteiger partial charge in [-0.1, -0.05) is 30.3 Å². The van der Waals surface area contributed by atoms with Crippen molar-refractivity contribution in [3.05, 3.63) is 89.9 Å². The highest BCUT2D eigenvalue weighted by atomic mass is 32.1. The van der Waals surface area contributed by atoms with Crippen molar-refractivity contribution in [3.8, 4) is 5.75 Å². The molecule has 7 nitrogen and oxygen atoms in total. The number of rotatable bonds is 5. The van der Waals surface area contributed by atoms with Crippen molar-refractivity contribution in [1.82, 2.24) is 16.2 Å². The summed E-state index contributed by atoms with van der Waals surface area (Å²) in [4.78, 5) is 23.9. The molecule has 3 N–H and O–H groups in total. The highest BCUT2D eigenvalue weighted by Crippen LogP contribution is 2.14. The Morgan fingerprint density at radius 2 is 1.64 bits per heavy atom. The zero-order chi connectivity index (χ0) is 19.8. The third-order valence-electron chi connectivity index (χ3n) is 3.63. The number of benzene rings is 2. The van der Waals surface area contributed by atoms with E-state index in [1.165, 1.54) is 12.3 Å². The van der Waals surface area contributed by atoms with Gasteiger partial charge in [0.1, 0.15) is 12.4 Å². The van der Waals surface area contributed by atoms with Crippen LogP contribution in [-0.4, -0.2) is 16.9 Å². The molecule has 0 aliphatic carbocycles. The molecule has 28 heavy (non-hydrogen) atoms. The first-order valence-electron chi connectivity index (χ1n) is 8.34. The summed E-state index contributed by atoms with van der Waals surface area (Å²) < 4.78 is 10.6. The van der Waals surface area contributed by atoms with E-state index in [9.17, 15) is 9.59 Å². The number of carbonyl (C=O) groups is 2. The first-order chi connectivity index (χ1) is 13.6. The highest BCUT2D eigenvalue weighted by molar-refractivity contribution is 7.80. The van der Waals surface area contributed by atoms with Crippen LogP contribution in [0.2, 0.25) is 0 Å². The molecule has 0 fully saturated rings. The standard InChI is InChI=1S/C20H17N3O4S/c24-18(22-23-20(28)21-19(25)17-7-4-12-26-17)15-8-10-16(11-9-15)27-13-14-5-2-1-3-6-14/h1-12H,13H2,(H,22,24)(H2,21,23,25,28). The molecule has 0 aliphatic rings. The number of hydrazine groups is 1. The Kier molecular flexibility index (Phi) is 6.37. The molecular weight excluding hydrogens is 378 g/mol. The minimum Gasteiger partial charge on any atom is -0.489 e. The third-order valence-corrected chi connectivity index (χ3v) is 3.83. The van der Waals surface area contributed by atoms with Crippen molar-refractivity contribution >= 4 is 29.1 Å². The van der Waals surface area contributed by atoms with E-state index in [4.69, 9.17) is 21.4 Å². The van der Waals surface area contributed by atoms with Gasteiger partial charge in [0, 0.05) is 5.56 Å². The van der Waals surface area contributed by atoms with Crippen molar-refractivity contribution < 1.29 is 18.7 Å². The van der Waals surface area contributed by atoms with Crippen molar-refractivity contribution in [3.63, 3.8) is 0 Å². The molecule has 0 atom stereocenters. The molecule has 0 saturated heterocycles. The average Bonchev–Trinajstić information content (AvgIpc) is 3.27. The molecule has 0 aliphatic heterocycles. The summed E-state index contributed by atoms with van der Waals surface area (Å²) in [5.41, 5.74) is 6.33. The van der Waals surface area contributed by atoms with E-state index in [1.54, 1.807) is 30.3 Å². The van der Waals surface area contributed by atoms with Gasteiger partial charge < -0.3 is 9.15 Å². The Labute approximate surface area is 166 Å². The maximum atomic E-state index is 12.1. The largest absolute Gasteiger partial charge is 0.489 e. The molecule has 1 aromatic heterocycles. The second kappa shape index (κ2) is 9.33. The molecule has 0 spiro atoms. The van der Waals surface area contributed by atoms with Gasteiger partial charge in [0.05, 0.1) is 6.26 Å². The number of carbonyl (C=O) groups excluding carboxylic acids is 2. The fraction of sp³-hybridized carbons (Fsp3) is 0.0500. The summed E-state index contributed by atoms with van der Waals surface area (Å²) >= 11 is 4.95. The van der Waals surface area contributed by atoms with Crippen LogP contribution in [0, 0.1) is 0 Å². The Morgan fingerprint density at radius 1 is 0.893 bits per heavy atom. The first-order valence-corrected chi connectivity index (χ1v) is 8.74. The lowest BCUT2D eigenvalue weighted by molar-refractivity contribution is 0.0927. The number of nitrogens with one attached hydrogen (secondary N) is 3. The number of ether oxygens (including phenoxy) is 1. The predicted molar refractivity (Wildman–Crippen MR) is 107 cm³/mol. The van der Waals surface area contributed by atoms with E-state index in [0.717, 1.165) is 5.56 Å². The maximum absolute atomic E-state index is 12.1. The number of furan rings is 1. The normalized spacial score (nSPS) is 10.0. The Hall–Kier alpha value is -3.65. The van der Waals surface area contributed by atoms with E-state index in [2.05, 4.69) is 16.2 Å². The molecule has 2 amide bonds. The van der Waals surface area contributed by atoms with Crippen LogP contribution in [0.5, 0.6) is 5.75 Å². The van der Waals surface area contributed by atoms with Gasteiger partial charge in [-0.15, -0.1) is 0 Å². The maximum Gasteiger partial charge on any atom is 0.293 e. The number of amides is 2. The average molecular weight is 395 g/mol. The smallest absolute Gasteiger partial charge is 0.293 e. The molecule has 2 aromatic carbocycles. The van der Waals surface area contributed by atoms with Gasteiger partial charge in [-0.3, -0.25) is 25.8 Å². The summed E-state index contributed by atoms with van der Waals surface area (Å²) in [7, 11) is 0. The van der Waals surface area contributed by atoms with Crippen LogP contribution in [0.15, 0.2) is 77.4 Å². The summed E-state index contributed by atoms with van der Waals surface area (Å²) in [5, 5.41) is 2.33. The molecule has 3 rings (SSSR count). The Balaban J connectivity index is 1.45. The minimum absolute atomic E-state index is 0.0578.